The Morgan fingerprint density at radius 2 is 2.10 bits per heavy atom. The normalized spacial score (nSPS) is 10.1. The van der Waals surface area contributed by atoms with Crippen LogP contribution in [0.1, 0.15) is 16.8 Å². The molecule has 0 saturated carbocycles. The monoisotopic (exact) mass is 286 g/mol. The number of nitrogens with two attached hydrogens (primary N) is 1. The third kappa shape index (κ3) is 3.19. The molecule has 2 N–H and O–H groups in total. The largest absolute Gasteiger partial charge is 0.399 e. The van der Waals surface area contributed by atoms with Gasteiger partial charge in [0.2, 0.25) is 0 Å². The molecule has 0 aliphatic rings. The number of rotatable bonds is 3. The predicted octanol–water partition coefficient (Wildman–Crippen LogP) is 3.13. The lowest BCUT2D eigenvalue weighted by Gasteiger charge is -2.20. The molecule has 5 heteroatoms. The fourth-order valence-electron chi connectivity index (χ4n) is 1.96. The molecule has 0 spiro atoms. The lowest BCUT2D eigenvalue weighted by Crippen LogP contribution is -2.18. The van der Waals surface area contributed by atoms with Crippen LogP contribution >= 0.6 is 11.6 Å². The predicted molar refractivity (Wildman–Crippen MR) is 81.7 cm³/mol. The van der Waals surface area contributed by atoms with E-state index in [2.05, 4.69) is 11.1 Å². The molecule has 0 amide bonds. The van der Waals surface area contributed by atoms with Gasteiger partial charge in [-0.2, -0.15) is 5.26 Å². The summed E-state index contributed by atoms with van der Waals surface area (Å²) in [5, 5.41) is 9.67. The highest BCUT2D eigenvalue weighted by Crippen LogP contribution is 2.22. The first kappa shape index (κ1) is 14.2. The number of nitriles is 1. The Morgan fingerprint density at radius 3 is 2.80 bits per heavy atom. The number of anilines is 2. The van der Waals surface area contributed by atoms with E-state index in [1.807, 2.05) is 24.9 Å². The standard InChI is InChI=1S/C15H15ClN4/c1-10-5-11(8-17)6-15(19-10)20(2)9-12-7-13(18)3-4-14(12)16/h3-7H,9,18H2,1-2H3. The number of aromatic nitrogens is 1. The van der Waals surface area contributed by atoms with Gasteiger partial charge < -0.3 is 10.6 Å². The topological polar surface area (TPSA) is 65.9 Å². The second kappa shape index (κ2) is 5.81. The van der Waals surface area contributed by atoms with Crippen molar-refractivity contribution in [3.05, 3.63) is 52.2 Å². The average Bonchev–Trinajstić information content (AvgIpc) is 2.42. The van der Waals surface area contributed by atoms with Crippen molar-refractivity contribution in [3.63, 3.8) is 0 Å². The Labute approximate surface area is 123 Å². The highest BCUT2D eigenvalue weighted by molar-refractivity contribution is 6.31. The van der Waals surface area contributed by atoms with E-state index in [1.165, 1.54) is 0 Å². The van der Waals surface area contributed by atoms with Crippen molar-refractivity contribution in [1.82, 2.24) is 4.98 Å². The summed E-state index contributed by atoms with van der Waals surface area (Å²) >= 11 is 6.16. The number of nitrogens with zero attached hydrogens (tertiary/aromatic N) is 3. The summed E-state index contributed by atoms with van der Waals surface area (Å²) in [5.74, 6) is 0.736. The molecule has 0 saturated heterocycles. The van der Waals surface area contributed by atoms with E-state index < -0.39 is 0 Å². The Bertz CT molecular complexity index is 676. The molecule has 4 nitrogen and oxygen atoms in total. The first-order valence-corrected chi connectivity index (χ1v) is 6.51. The Kier molecular flexibility index (Phi) is 4.11. The number of pyridine rings is 1. The van der Waals surface area contributed by atoms with E-state index in [0.717, 1.165) is 17.1 Å². The molecule has 0 bridgehead atoms. The van der Waals surface area contributed by atoms with Gasteiger partial charge in [0, 0.05) is 30.0 Å². The summed E-state index contributed by atoms with van der Waals surface area (Å²) in [6.07, 6.45) is 0. The average molecular weight is 287 g/mol. The fourth-order valence-corrected chi connectivity index (χ4v) is 2.14. The molecule has 0 aliphatic carbocycles. The van der Waals surface area contributed by atoms with Crippen molar-refractivity contribution >= 4 is 23.1 Å². The maximum atomic E-state index is 9.00. The van der Waals surface area contributed by atoms with Gasteiger partial charge in [0.1, 0.15) is 5.82 Å². The van der Waals surface area contributed by atoms with Crippen molar-refractivity contribution in [2.24, 2.45) is 0 Å². The molecule has 0 aliphatic heterocycles. The first-order valence-electron chi connectivity index (χ1n) is 6.13. The van der Waals surface area contributed by atoms with Crippen molar-refractivity contribution in [3.8, 4) is 6.07 Å². The van der Waals surface area contributed by atoms with E-state index in [4.69, 9.17) is 22.6 Å². The number of benzene rings is 1. The molecule has 0 radical (unpaired) electrons. The molecule has 0 fully saturated rings. The van der Waals surface area contributed by atoms with Crippen LogP contribution in [0.15, 0.2) is 30.3 Å². The highest BCUT2D eigenvalue weighted by Gasteiger charge is 2.09. The van der Waals surface area contributed by atoms with Crippen LogP contribution in [0.5, 0.6) is 0 Å². The molecular formula is C15H15ClN4. The lowest BCUT2D eigenvalue weighted by atomic mass is 10.2. The minimum Gasteiger partial charge on any atom is -0.399 e. The zero-order valence-electron chi connectivity index (χ0n) is 11.4. The summed E-state index contributed by atoms with van der Waals surface area (Å²) in [5.41, 5.74) is 8.78. The SMILES string of the molecule is Cc1cc(C#N)cc(N(C)Cc2cc(N)ccc2Cl)n1. The van der Waals surface area contributed by atoms with Gasteiger partial charge in [-0.25, -0.2) is 4.98 Å². The van der Waals surface area contributed by atoms with Crippen LogP contribution < -0.4 is 10.6 Å². The van der Waals surface area contributed by atoms with Gasteiger partial charge >= 0.3 is 0 Å². The third-order valence-corrected chi connectivity index (χ3v) is 3.31. The van der Waals surface area contributed by atoms with Gasteiger partial charge in [-0.1, -0.05) is 11.6 Å². The van der Waals surface area contributed by atoms with Gasteiger partial charge in [-0.05, 0) is 42.8 Å². The maximum absolute atomic E-state index is 9.00. The minimum absolute atomic E-state index is 0.575. The molecule has 0 unspecified atom stereocenters. The number of hydrogen-bond donors (Lipinski definition) is 1. The van der Waals surface area contributed by atoms with Gasteiger partial charge in [-0.15, -0.1) is 0 Å². The van der Waals surface area contributed by atoms with Crippen LogP contribution in [0.2, 0.25) is 5.02 Å². The van der Waals surface area contributed by atoms with Gasteiger partial charge in [0.25, 0.3) is 0 Å². The van der Waals surface area contributed by atoms with Crippen LogP contribution in [0, 0.1) is 18.3 Å². The van der Waals surface area contributed by atoms with E-state index in [9.17, 15) is 0 Å². The van der Waals surface area contributed by atoms with Gasteiger partial charge in [0.05, 0.1) is 11.6 Å². The van der Waals surface area contributed by atoms with E-state index in [0.29, 0.717) is 22.8 Å². The van der Waals surface area contributed by atoms with Crippen molar-refractivity contribution in [2.45, 2.75) is 13.5 Å². The van der Waals surface area contributed by atoms with Crippen LogP contribution in [-0.4, -0.2) is 12.0 Å². The van der Waals surface area contributed by atoms with E-state index in [-0.39, 0.29) is 0 Å². The fraction of sp³-hybridized carbons (Fsp3) is 0.200. The summed E-state index contributed by atoms with van der Waals surface area (Å²) in [6, 6.07) is 11.0. The summed E-state index contributed by atoms with van der Waals surface area (Å²) in [6.45, 7) is 2.44. The smallest absolute Gasteiger partial charge is 0.130 e. The second-order valence-corrected chi connectivity index (χ2v) is 5.08. The van der Waals surface area contributed by atoms with Crippen LogP contribution in [-0.2, 0) is 6.54 Å². The van der Waals surface area contributed by atoms with E-state index in [1.54, 1.807) is 24.3 Å². The quantitative estimate of drug-likeness (QED) is 0.880. The molecule has 1 heterocycles. The van der Waals surface area contributed by atoms with Gasteiger partial charge in [0.15, 0.2) is 0 Å². The Hall–Kier alpha value is -2.25. The van der Waals surface area contributed by atoms with Crippen molar-refractivity contribution in [1.29, 1.82) is 5.26 Å². The summed E-state index contributed by atoms with van der Waals surface area (Å²) in [7, 11) is 1.91. The maximum Gasteiger partial charge on any atom is 0.130 e. The number of hydrogen-bond acceptors (Lipinski definition) is 4. The molecule has 0 atom stereocenters. The van der Waals surface area contributed by atoms with E-state index >= 15 is 0 Å². The van der Waals surface area contributed by atoms with Crippen LogP contribution in [0.3, 0.4) is 0 Å². The number of halogens is 1. The summed E-state index contributed by atoms with van der Waals surface area (Å²) < 4.78 is 0. The van der Waals surface area contributed by atoms with Crippen LogP contribution in [0.25, 0.3) is 0 Å². The highest BCUT2D eigenvalue weighted by atomic mass is 35.5. The zero-order valence-corrected chi connectivity index (χ0v) is 12.1. The van der Waals surface area contributed by atoms with Gasteiger partial charge in [-0.3, -0.25) is 0 Å². The second-order valence-electron chi connectivity index (χ2n) is 4.67. The Balaban J connectivity index is 2.28. The van der Waals surface area contributed by atoms with Crippen molar-refractivity contribution < 1.29 is 0 Å². The molecule has 102 valence electrons. The first-order chi connectivity index (χ1) is 9.49. The lowest BCUT2D eigenvalue weighted by molar-refractivity contribution is 0.892. The van der Waals surface area contributed by atoms with Crippen molar-refractivity contribution in [2.75, 3.05) is 17.7 Å². The molecule has 20 heavy (non-hydrogen) atoms. The molecule has 2 aromatic rings. The Morgan fingerprint density at radius 1 is 1.35 bits per heavy atom. The molecule has 2 rings (SSSR count). The number of nitrogen functional groups attached to an aromatic ring is 1. The minimum atomic E-state index is 0.575. The zero-order chi connectivity index (χ0) is 14.7. The molecular weight excluding hydrogens is 272 g/mol. The molecule has 1 aromatic heterocycles. The third-order valence-electron chi connectivity index (χ3n) is 2.94. The summed E-state index contributed by atoms with van der Waals surface area (Å²) in [4.78, 5) is 6.37. The number of aryl methyl sites for hydroxylation is 1. The van der Waals surface area contributed by atoms with Crippen LogP contribution in [0.4, 0.5) is 11.5 Å². The molecule has 1 aromatic carbocycles.